The Bertz CT molecular complexity index is 807. The molecule has 0 radical (unpaired) electrons. The fourth-order valence-corrected chi connectivity index (χ4v) is 3.19. The highest BCUT2D eigenvalue weighted by Gasteiger charge is 2.22. The van der Waals surface area contributed by atoms with E-state index in [2.05, 4.69) is 21.3 Å². The lowest BCUT2D eigenvalue weighted by Gasteiger charge is -2.33. The molecule has 1 aromatic carbocycles. The maximum absolute atomic E-state index is 12.3. The van der Waals surface area contributed by atoms with E-state index >= 15 is 0 Å². The Morgan fingerprint density at radius 3 is 2.88 bits per heavy atom. The van der Waals surface area contributed by atoms with Gasteiger partial charge in [0.1, 0.15) is 17.6 Å². The molecule has 0 unspecified atom stereocenters. The first-order valence-electron chi connectivity index (χ1n) is 8.73. The van der Waals surface area contributed by atoms with Crippen LogP contribution in [0.3, 0.4) is 0 Å². The number of nitrogens with one attached hydrogen (secondary N) is 1. The van der Waals surface area contributed by atoms with Crippen molar-refractivity contribution < 1.29 is 9.53 Å². The van der Waals surface area contributed by atoms with Crippen LogP contribution < -0.4 is 15.0 Å². The predicted octanol–water partition coefficient (Wildman–Crippen LogP) is 2.61. The zero-order chi connectivity index (χ0) is 18.4. The van der Waals surface area contributed by atoms with Gasteiger partial charge in [0.05, 0.1) is 12.7 Å². The number of pyridine rings is 1. The average Bonchev–Trinajstić information content (AvgIpc) is 2.72. The van der Waals surface area contributed by atoms with Crippen molar-refractivity contribution in [2.45, 2.75) is 12.8 Å². The van der Waals surface area contributed by atoms with Crippen molar-refractivity contribution in [1.29, 1.82) is 5.26 Å². The van der Waals surface area contributed by atoms with E-state index in [1.54, 1.807) is 37.6 Å². The summed E-state index contributed by atoms with van der Waals surface area (Å²) in [6.45, 7) is 2.33. The quantitative estimate of drug-likeness (QED) is 0.897. The normalized spacial score (nSPS) is 14.5. The molecule has 1 amide bonds. The first kappa shape index (κ1) is 17.7. The maximum Gasteiger partial charge on any atom is 0.251 e. The van der Waals surface area contributed by atoms with Gasteiger partial charge in [-0.05, 0) is 49.1 Å². The first-order valence-corrected chi connectivity index (χ1v) is 8.73. The van der Waals surface area contributed by atoms with Gasteiger partial charge in [0.2, 0.25) is 0 Å². The van der Waals surface area contributed by atoms with Gasteiger partial charge in [-0.15, -0.1) is 0 Å². The third kappa shape index (κ3) is 4.12. The number of hydrogen-bond donors (Lipinski definition) is 1. The summed E-state index contributed by atoms with van der Waals surface area (Å²) in [6.07, 6.45) is 3.64. The Kier molecular flexibility index (Phi) is 5.69. The van der Waals surface area contributed by atoms with Crippen LogP contribution in [-0.4, -0.2) is 37.6 Å². The Labute approximate surface area is 153 Å². The SMILES string of the molecule is COc1cccc(C(=O)NCC2CCN(c3ncccc3C#N)CC2)c1. The smallest absolute Gasteiger partial charge is 0.251 e. The van der Waals surface area contributed by atoms with E-state index in [1.807, 2.05) is 12.1 Å². The van der Waals surface area contributed by atoms with E-state index < -0.39 is 0 Å². The van der Waals surface area contributed by atoms with Gasteiger partial charge in [-0.2, -0.15) is 5.26 Å². The molecule has 1 fully saturated rings. The zero-order valence-electron chi connectivity index (χ0n) is 14.8. The number of methoxy groups -OCH3 is 1. The summed E-state index contributed by atoms with van der Waals surface area (Å²) in [5.74, 6) is 1.78. The molecule has 6 heteroatoms. The van der Waals surface area contributed by atoms with E-state index in [0.717, 1.165) is 31.7 Å². The molecule has 0 spiro atoms. The fraction of sp³-hybridized carbons (Fsp3) is 0.350. The van der Waals surface area contributed by atoms with E-state index in [9.17, 15) is 10.1 Å². The van der Waals surface area contributed by atoms with E-state index in [4.69, 9.17) is 4.74 Å². The van der Waals surface area contributed by atoms with Crippen LogP contribution in [0.1, 0.15) is 28.8 Å². The number of ether oxygens (including phenoxy) is 1. The molecule has 134 valence electrons. The monoisotopic (exact) mass is 350 g/mol. The number of benzene rings is 1. The molecule has 1 aliphatic heterocycles. The number of nitriles is 1. The van der Waals surface area contributed by atoms with Gasteiger partial charge in [0.25, 0.3) is 5.91 Å². The van der Waals surface area contributed by atoms with Crippen LogP contribution in [0.2, 0.25) is 0 Å². The minimum atomic E-state index is -0.0807. The second-order valence-electron chi connectivity index (χ2n) is 6.36. The lowest BCUT2D eigenvalue weighted by Crippen LogP contribution is -2.39. The van der Waals surface area contributed by atoms with Crippen LogP contribution in [0, 0.1) is 17.2 Å². The van der Waals surface area contributed by atoms with E-state index in [0.29, 0.717) is 29.3 Å². The van der Waals surface area contributed by atoms with Crippen LogP contribution in [0.25, 0.3) is 0 Å². The standard InChI is InChI=1S/C20H22N4O2/c1-26-18-6-2-4-16(12-18)20(25)23-14-15-7-10-24(11-8-15)19-17(13-21)5-3-9-22-19/h2-6,9,12,15H,7-8,10-11,14H2,1H3,(H,23,25). The first-order chi connectivity index (χ1) is 12.7. The predicted molar refractivity (Wildman–Crippen MR) is 99.2 cm³/mol. The number of amides is 1. The number of rotatable bonds is 5. The van der Waals surface area contributed by atoms with Crippen molar-refractivity contribution in [3.05, 3.63) is 53.7 Å². The van der Waals surface area contributed by atoms with Gasteiger partial charge < -0.3 is 15.0 Å². The number of anilines is 1. The molecule has 0 bridgehead atoms. The molecular weight excluding hydrogens is 328 g/mol. The molecule has 1 saturated heterocycles. The van der Waals surface area contributed by atoms with Gasteiger partial charge in [-0.3, -0.25) is 4.79 Å². The third-order valence-electron chi connectivity index (χ3n) is 4.70. The van der Waals surface area contributed by atoms with Crippen molar-refractivity contribution in [2.24, 2.45) is 5.92 Å². The second-order valence-corrected chi connectivity index (χ2v) is 6.36. The summed E-state index contributed by atoms with van der Waals surface area (Å²) >= 11 is 0. The summed E-state index contributed by atoms with van der Waals surface area (Å²) in [5.41, 5.74) is 1.21. The number of hydrogen-bond acceptors (Lipinski definition) is 5. The molecule has 1 aliphatic rings. The Morgan fingerprint density at radius 1 is 1.35 bits per heavy atom. The summed E-state index contributed by atoms with van der Waals surface area (Å²) in [4.78, 5) is 18.8. The molecule has 1 aromatic heterocycles. The van der Waals surface area contributed by atoms with Gasteiger partial charge in [0.15, 0.2) is 0 Å². The lowest BCUT2D eigenvalue weighted by molar-refractivity contribution is 0.0944. The maximum atomic E-state index is 12.3. The molecule has 2 aromatic rings. The largest absolute Gasteiger partial charge is 0.497 e. The van der Waals surface area contributed by atoms with Crippen LogP contribution in [0.4, 0.5) is 5.82 Å². The Hall–Kier alpha value is -3.07. The van der Waals surface area contributed by atoms with E-state index in [-0.39, 0.29) is 5.91 Å². The van der Waals surface area contributed by atoms with Crippen LogP contribution in [-0.2, 0) is 0 Å². The number of piperidine rings is 1. The summed E-state index contributed by atoms with van der Waals surface area (Å²) in [7, 11) is 1.59. The van der Waals surface area contributed by atoms with Gasteiger partial charge in [-0.1, -0.05) is 6.07 Å². The second kappa shape index (κ2) is 8.34. The van der Waals surface area contributed by atoms with Crippen molar-refractivity contribution in [3.63, 3.8) is 0 Å². The van der Waals surface area contributed by atoms with Crippen LogP contribution in [0.5, 0.6) is 5.75 Å². The van der Waals surface area contributed by atoms with Crippen LogP contribution >= 0.6 is 0 Å². The molecule has 6 nitrogen and oxygen atoms in total. The fourth-order valence-electron chi connectivity index (χ4n) is 3.19. The van der Waals surface area contributed by atoms with Crippen molar-refractivity contribution >= 4 is 11.7 Å². The van der Waals surface area contributed by atoms with Gasteiger partial charge in [0, 0.05) is 31.4 Å². The van der Waals surface area contributed by atoms with Crippen molar-refractivity contribution in [2.75, 3.05) is 31.6 Å². The molecular formula is C20H22N4O2. The molecule has 2 heterocycles. The third-order valence-corrected chi connectivity index (χ3v) is 4.70. The highest BCUT2D eigenvalue weighted by Crippen LogP contribution is 2.24. The molecule has 3 rings (SSSR count). The van der Waals surface area contributed by atoms with Gasteiger partial charge in [-0.25, -0.2) is 4.98 Å². The van der Waals surface area contributed by atoms with Gasteiger partial charge >= 0.3 is 0 Å². The summed E-state index contributed by atoms with van der Waals surface area (Å²) in [6, 6.07) is 12.9. The highest BCUT2D eigenvalue weighted by molar-refractivity contribution is 5.94. The summed E-state index contributed by atoms with van der Waals surface area (Å²) in [5, 5.41) is 12.2. The molecule has 0 aliphatic carbocycles. The topological polar surface area (TPSA) is 78.2 Å². The number of aromatic nitrogens is 1. The number of carbonyl (C=O) groups is 1. The average molecular weight is 350 g/mol. The van der Waals surface area contributed by atoms with Crippen LogP contribution in [0.15, 0.2) is 42.6 Å². The molecule has 26 heavy (non-hydrogen) atoms. The minimum absolute atomic E-state index is 0.0807. The molecule has 0 saturated carbocycles. The van der Waals surface area contributed by atoms with E-state index in [1.165, 1.54) is 0 Å². The number of carbonyl (C=O) groups excluding carboxylic acids is 1. The van der Waals surface area contributed by atoms with Crippen molar-refractivity contribution in [3.8, 4) is 11.8 Å². The zero-order valence-corrected chi connectivity index (χ0v) is 14.8. The highest BCUT2D eigenvalue weighted by atomic mass is 16.5. The van der Waals surface area contributed by atoms with Crippen molar-refractivity contribution in [1.82, 2.24) is 10.3 Å². The number of nitrogens with zero attached hydrogens (tertiary/aromatic N) is 3. The Balaban J connectivity index is 1.51. The Morgan fingerprint density at radius 2 is 2.15 bits per heavy atom. The molecule has 0 atom stereocenters. The lowest BCUT2D eigenvalue weighted by atomic mass is 9.96. The summed E-state index contributed by atoms with van der Waals surface area (Å²) < 4.78 is 5.16. The minimum Gasteiger partial charge on any atom is -0.497 e. The molecule has 1 N–H and O–H groups in total.